The van der Waals surface area contributed by atoms with Gasteiger partial charge in [0.25, 0.3) is 0 Å². The minimum Gasteiger partial charge on any atom is -0.378 e. The van der Waals surface area contributed by atoms with Gasteiger partial charge in [-0.3, -0.25) is 10.1 Å². The van der Waals surface area contributed by atoms with E-state index >= 15 is 0 Å². The highest BCUT2D eigenvalue weighted by Gasteiger charge is 2.31. The smallest absolute Gasteiger partial charge is 0.378 e. The monoisotopic (exact) mass is 369 g/mol. The minimum atomic E-state index is -4.52. The van der Waals surface area contributed by atoms with Crippen LogP contribution < -0.4 is 10.2 Å². The van der Waals surface area contributed by atoms with Gasteiger partial charge in [0.05, 0.1) is 23.7 Å². The number of nitro groups is 1. The number of benzene rings is 1. The summed E-state index contributed by atoms with van der Waals surface area (Å²) in [5.74, 6) is -0.0754. The maximum atomic E-state index is 12.8. The lowest BCUT2D eigenvalue weighted by atomic mass is 10.2. The molecule has 0 aliphatic carbocycles. The van der Waals surface area contributed by atoms with Gasteiger partial charge in [-0.05, 0) is 18.2 Å². The summed E-state index contributed by atoms with van der Waals surface area (Å²) in [5.41, 5.74) is -1.23. The number of anilines is 3. The molecule has 1 aliphatic heterocycles. The second-order valence-corrected chi connectivity index (χ2v) is 5.45. The normalized spacial score (nSPS) is 15.0. The summed E-state index contributed by atoms with van der Waals surface area (Å²) in [6.45, 7) is 1.64. The van der Waals surface area contributed by atoms with E-state index in [2.05, 4.69) is 15.3 Å². The molecular weight excluding hydrogens is 355 g/mol. The number of halogens is 3. The third-order valence-corrected chi connectivity index (χ3v) is 3.75. The number of aromatic nitrogens is 2. The lowest BCUT2D eigenvalue weighted by Crippen LogP contribution is -2.37. The standard InChI is InChI=1S/C15H14F3N5O3/c16-15(17,18)10-2-1-3-11(8-10)21-13-12(23(24)25)14(20-9-19-13)22-4-6-26-7-5-22/h1-3,8-9H,4-7H2,(H,19,20,21). The van der Waals surface area contributed by atoms with Gasteiger partial charge in [0.15, 0.2) is 0 Å². The number of alkyl halides is 3. The lowest BCUT2D eigenvalue weighted by molar-refractivity contribution is -0.383. The van der Waals surface area contributed by atoms with Crippen LogP contribution in [0.2, 0.25) is 0 Å². The van der Waals surface area contributed by atoms with Crippen molar-refractivity contribution in [3.63, 3.8) is 0 Å². The molecule has 0 atom stereocenters. The first-order valence-electron chi connectivity index (χ1n) is 7.62. The molecule has 0 saturated carbocycles. The van der Waals surface area contributed by atoms with E-state index in [1.165, 1.54) is 12.1 Å². The average molecular weight is 369 g/mol. The molecule has 26 heavy (non-hydrogen) atoms. The second-order valence-electron chi connectivity index (χ2n) is 5.45. The van der Waals surface area contributed by atoms with E-state index in [-0.39, 0.29) is 17.3 Å². The Labute approximate surface area is 145 Å². The molecule has 0 spiro atoms. The molecule has 8 nitrogen and oxygen atoms in total. The highest BCUT2D eigenvalue weighted by atomic mass is 19.4. The Balaban J connectivity index is 1.96. The predicted octanol–water partition coefficient (Wildman–Crippen LogP) is 2.98. The molecule has 1 fully saturated rings. The molecule has 1 aromatic heterocycles. The molecule has 138 valence electrons. The van der Waals surface area contributed by atoms with Gasteiger partial charge in [-0.1, -0.05) is 6.07 Å². The number of ether oxygens (including phenoxy) is 1. The summed E-state index contributed by atoms with van der Waals surface area (Å²) in [7, 11) is 0. The Morgan fingerprint density at radius 2 is 1.96 bits per heavy atom. The first kappa shape index (κ1) is 17.9. The Hall–Kier alpha value is -2.95. The molecule has 1 aromatic carbocycles. The van der Waals surface area contributed by atoms with Crippen molar-refractivity contribution in [2.24, 2.45) is 0 Å². The van der Waals surface area contributed by atoms with Gasteiger partial charge in [-0.25, -0.2) is 9.97 Å². The number of hydrogen-bond donors (Lipinski definition) is 1. The minimum absolute atomic E-state index is 0.0366. The number of rotatable bonds is 4. The molecule has 0 bridgehead atoms. The van der Waals surface area contributed by atoms with Crippen LogP contribution in [0.3, 0.4) is 0 Å². The summed E-state index contributed by atoms with van der Waals surface area (Å²) in [6.07, 6.45) is -3.39. The van der Waals surface area contributed by atoms with Crippen molar-refractivity contribution in [3.05, 3.63) is 46.3 Å². The zero-order chi connectivity index (χ0) is 18.7. The van der Waals surface area contributed by atoms with Crippen molar-refractivity contribution in [2.45, 2.75) is 6.18 Å². The summed E-state index contributed by atoms with van der Waals surface area (Å²) in [6, 6.07) is 4.36. The van der Waals surface area contributed by atoms with Gasteiger partial charge in [-0.15, -0.1) is 0 Å². The van der Waals surface area contributed by atoms with Crippen molar-refractivity contribution < 1.29 is 22.8 Å². The first-order chi connectivity index (χ1) is 12.4. The van der Waals surface area contributed by atoms with E-state index in [4.69, 9.17) is 4.74 Å². The fourth-order valence-electron chi connectivity index (χ4n) is 2.55. The summed E-state index contributed by atoms with van der Waals surface area (Å²) < 4.78 is 43.7. The molecular formula is C15H14F3N5O3. The fraction of sp³-hybridized carbons (Fsp3) is 0.333. The van der Waals surface area contributed by atoms with E-state index in [9.17, 15) is 23.3 Å². The number of nitrogens with zero attached hydrogens (tertiary/aromatic N) is 4. The van der Waals surface area contributed by atoms with Gasteiger partial charge in [0.1, 0.15) is 6.33 Å². The average Bonchev–Trinajstić information content (AvgIpc) is 2.61. The zero-order valence-electron chi connectivity index (χ0n) is 13.4. The molecule has 1 aliphatic rings. The SMILES string of the molecule is O=[N+]([O-])c1c(Nc2cccc(C(F)(F)F)c2)ncnc1N1CCOCC1. The van der Waals surface area contributed by atoms with Crippen molar-refractivity contribution in [3.8, 4) is 0 Å². The van der Waals surface area contributed by atoms with Gasteiger partial charge in [-0.2, -0.15) is 13.2 Å². The van der Waals surface area contributed by atoms with Crippen LogP contribution >= 0.6 is 0 Å². The molecule has 1 saturated heterocycles. The summed E-state index contributed by atoms with van der Waals surface area (Å²) in [5, 5.41) is 14.1. The fourth-order valence-corrected chi connectivity index (χ4v) is 2.55. The summed E-state index contributed by atoms with van der Waals surface area (Å²) >= 11 is 0. The third-order valence-electron chi connectivity index (χ3n) is 3.75. The molecule has 0 radical (unpaired) electrons. The van der Waals surface area contributed by atoms with Crippen LogP contribution in [0.4, 0.5) is 36.2 Å². The maximum Gasteiger partial charge on any atom is 0.416 e. The molecule has 3 rings (SSSR count). The van der Waals surface area contributed by atoms with Gasteiger partial charge in [0, 0.05) is 18.8 Å². The topological polar surface area (TPSA) is 93.4 Å². The van der Waals surface area contributed by atoms with E-state index in [0.29, 0.717) is 26.3 Å². The van der Waals surface area contributed by atoms with Crippen LogP contribution in [0.25, 0.3) is 0 Å². The zero-order valence-corrected chi connectivity index (χ0v) is 13.4. The molecule has 11 heteroatoms. The van der Waals surface area contributed by atoms with Gasteiger partial charge in [0.2, 0.25) is 11.6 Å². The first-order valence-corrected chi connectivity index (χ1v) is 7.62. The van der Waals surface area contributed by atoms with Crippen LogP contribution in [0.5, 0.6) is 0 Å². The van der Waals surface area contributed by atoms with E-state index in [1.54, 1.807) is 4.90 Å². The lowest BCUT2D eigenvalue weighted by Gasteiger charge is -2.27. The number of hydrogen-bond acceptors (Lipinski definition) is 7. The van der Waals surface area contributed by atoms with Crippen molar-refractivity contribution >= 4 is 23.0 Å². The molecule has 0 unspecified atom stereocenters. The van der Waals surface area contributed by atoms with Crippen LogP contribution in [0.15, 0.2) is 30.6 Å². The Kier molecular flexibility index (Phi) is 4.89. The second kappa shape index (κ2) is 7.12. The largest absolute Gasteiger partial charge is 0.416 e. The molecule has 2 aromatic rings. The highest BCUT2D eigenvalue weighted by Crippen LogP contribution is 2.35. The Morgan fingerprint density at radius 1 is 1.23 bits per heavy atom. The third kappa shape index (κ3) is 3.82. The quantitative estimate of drug-likeness (QED) is 0.654. The van der Waals surface area contributed by atoms with E-state index in [0.717, 1.165) is 18.5 Å². The molecule has 2 heterocycles. The van der Waals surface area contributed by atoms with Crippen LogP contribution in [0.1, 0.15) is 5.56 Å². The van der Waals surface area contributed by atoms with E-state index < -0.39 is 22.4 Å². The summed E-state index contributed by atoms with van der Waals surface area (Å²) in [4.78, 5) is 20.4. The Morgan fingerprint density at radius 3 is 2.62 bits per heavy atom. The van der Waals surface area contributed by atoms with Crippen molar-refractivity contribution in [2.75, 3.05) is 36.5 Å². The van der Waals surface area contributed by atoms with Crippen molar-refractivity contribution in [1.29, 1.82) is 0 Å². The number of nitrogens with one attached hydrogen (secondary N) is 1. The van der Waals surface area contributed by atoms with Gasteiger partial charge >= 0.3 is 11.9 Å². The van der Waals surface area contributed by atoms with E-state index in [1.807, 2.05) is 0 Å². The van der Waals surface area contributed by atoms with Crippen LogP contribution in [0, 0.1) is 10.1 Å². The highest BCUT2D eigenvalue weighted by molar-refractivity contribution is 5.74. The maximum absolute atomic E-state index is 12.8. The number of morpholine rings is 1. The van der Waals surface area contributed by atoms with Gasteiger partial charge < -0.3 is 15.0 Å². The van der Waals surface area contributed by atoms with Crippen LogP contribution in [-0.4, -0.2) is 41.2 Å². The molecule has 0 amide bonds. The Bertz CT molecular complexity index is 809. The predicted molar refractivity (Wildman–Crippen MR) is 86.4 cm³/mol. The van der Waals surface area contributed by atoms with Crippen LogP contribution in [-0.2, 0) is 10.9 Å². The van der Waals surface area contributed by atoms with Crippen molar-refractivity contribution in [1.82, 2.24) is 9.97 Å². The molecule has 1 N–H and O–H groups in total.